The van der Waals surface area contributed by atoms with Crippen LogP contribution in [0.1, 0.15) is 16.7 Å². The summed E-state index contributed by atoms with van der Waals surface area (Å²) in [5.41, 5.74) is 3.57. The van der Waals surface area contributed by atoms with Gasteiger partial charge in [-0.15, -0.1) is 0 Å². The van der Waals surface area contributed by atoms with Crippen LogP contribution in [0, 0.1) is 10.5 Å². The Morgan fingerprint density at radius 2 is 1.52 bits per heavy atom. The van der Waals surface area contributed by atoms with Gasteiger partial charge in [-0.2, -0.15) is 0 Å². The summed E-state index contributed by atoms with van der Waals surface area (Å²) in [6.07, 6.45) is 0.829. The summed E-state index contributed by atoms with van der Waals surface area (Å²) in [5.74, 6) is 2.42. The zero-order valence-corrected chi connectivity index (χ0v) is 14.9. The maximum Gasteiger partial charge on any atom is 0.160 e. The Morgan fingerprint density at radius 3 is 2.14 bits per heavy atom. The average Bonchev–Trinajstić information content (AvgIpc) is 2.49. The first kappa shape index (κ1) is 15.9. The molecule has 0 aliphatic carbocycles. The average molecular weight is 398 g/mol. The highest BCUT2D eigenvalue weighted by Crippen LogP contribution is 2.30. The van der Waals surface area contributed by atoms with Crippen molar-refractivity contribution in [2.75, 3.05) is 21.3 Å². The molecular weight excluding hydrogens is 379 g/mol. The van der Waals surface area contributed by atoms with E-state index in [9.17, 15) is 0 Å². The molecule has 2 aromatic rings. The lowest BCUT2D eigenvalue weighted by atomic mass is 10.0. The van der Waals surface area contributed by atoms with Crippen LogP contribution in [0.15, 0.2) is 30.3 Å². The van der Waals surface area contributed by atoms with Crippen LogP contribution in [0.3, 0.4) is 0 Å². The van der Waals surface area contributed by atoms with Gasteiger partial charge in [-0.1, -0.05) is 6.07 Å². The summed E-state index contributed by atoms with van der Waals surface area (Å²) < 4.78 is 17.3. The lowest BCUT2D eigenvalue weighted by Crippen LogP contribution is -1.97. The van der Waals surface area contributed by atoms with Crippen molar-refractivity contribution in [2.45, 2.75) is 13.3 Å². The van der Waals surface area contributed by atoms with Gasteiger partial charge in [0.1, 0.15) is 5.75 Å². The summed E-state index contributed by atoms with van der Waals surface area (Å²) in [4.78, 5) is 0. The van der Waals surface area contributed by atoms with Gasteiger partial charge in [0.15, 0.2) is 11.5 Å². The second-order valence-corrected chi connectivity index (χ2v) is 5.94. The zero-order chi connectivity index (χ0) is 15.4. The first-order valence-electron chi connectivity index (χ1n) is 6.63. The van der Waals surface area contributed by atoms with Crippen molar-refractivity contribution in [2.24, 2.45) is 0 Å². The minimum Gasteiger partial charge on any atom is -0.496 e. The van der Waals surface area contributed by atoms with Crippen LogP contribution < -0.4 is 14.2 Å². The highest BCUT2D eigenvalue weighted by Gasteiger charge is 2.09. The fraction of sp³-hybridized carbons (Fsp3) is 0.294. The Kier molecular flexibility index (Phi) is 5.33. The first-order valence-corrected chi connectivity index (χ1v) is 7.70. The highest BCUT2D eigenvalue weighted by atomic mass is 127. The van der Waals surface area contributed by atoms with Crippen LogP contribution in [0.4, 0.5) is 0 Å². The van der Waals surface area contributed by atoms with E-state index in [0.29, 0.717) is 0 Å². The van der Waals surface area contributed by atoms with Gasteiger partial charge in [0, 0.05) is 3.57 Å². The van der Waals surface area contributed by atoms with Crippen LogP contribution in [0.5, 0.6) is 17.2 Å². The molecule has 0 saturated heterocycles. The number of benzene rings is 2. The summed E-state index contributed by atoms with van der Waals surface area (Å²) >= 11 is 2.37. The van der Waals surface area contributed by atoms with E-state index in [1.165, 1.54) is 14.7 Å². The third kappa shape index (κ3) is 3.61. The van der Waals surface area contributed by atoms with Gasteiger partial charge in [0.2, 0.25) is 0 Å². The van der Waals surface area contributed by atoms with Crippen molar-refractivity contribution in [1.82, 2.24) is 0 Å². The fourth-order valence-electron chi connectivity index (χ4n) is 2.26. The molecule has 0 aliphatic rings. The Hall–Kier alpha value is -1.43. The standard InChI is InChI=1S/C17H19IO3/c1-11-7-14(18)13(10-16(11)20-3)8-12-5-6-15(19-2)17(9-12)21-4/h5-7,9-10H,8H2,1-4H3. The van der Waals surface area contributed by atoms with Crippen molar-refractivity contribution in [3.05, 3.63) is 50.6 Å². The number of rotatable bonds is 5. The third-order valence-corrected chi connectivity index (χ3v) is 4.41. The Labute approximate surface area is 139 Å². The number of hydrogen-bond donors (Lipinski definition) is 0. The van der Waals surface area contributed by atoms with Crippen LogP contribution in [-0.4, -0.2) is 21.3 Å². The van der Waals surface area contributed by atoms with E-state index in [0.717, 1.165) is 29.2 Å². The van der Waals surface area contributed by atoms with Crippen molar-refractivity contribution in [3.8, 4) is 17.2 Å². The molecule has 2 rings (SSSR count). The maximum absolute atomic E-state index is 5.41. The smallest absolute Gasteiger partial charge is 0.160 e. The molecule has 0 aliphatic heterocycles. The minimum atomic E-state index is 0.748. The zero-order valence-electron chi connectivity index (χ0n) is 12.7. The predicted molar refractivity (Wildman–Crippen MR) is 92.8 cm³/mol. The first-order chi connectivity index (χ1) is 10.1. The SMILES string of the molecule is COc1cc(Cc2ccc(OC)c(OC)c2)c(I)cc1C. The molecule has 0 bridgehead atoms. The molecule has 112 valence electrons. The van der Waals surface area contributed by atoms with E-state index in [4.69, 9.17) is 14.2 Å². The quantitative estimate of drug-likeness (QED) is 0.707. The lowest BCUT2D eigenvalue weighted by molar-refractivity contribution is 0.354. The van der Waals surface area contributed by atoms with Gasteiger partial charge in [-0.05, 0) is 76.9 Å². The highest BCUT2D eigenvalue weighted by molar-refractivity contribution is 14.1. The predicted octanol–water partition coefficient (Wildman–Crippen LogP) is 4.22. The summed E-state index contributed by atoms with van der Waals surface area (Å²) in [6.45, 7) is 2.06. The van der Waals surface area contributed by atoms with Gasteiger partial charge in [-0.3, -0.25) is 0 Å². The van der Waals surface area contributed by atoms with Gasteiger partial charge in [-0.25, -0.2) is 0 Å². The second-order valence-electron chi connectivity index (χ2n) is 4.78. The molecule has 0 amide bonds. The molecule has 21 heavy (non-hydrogen) atoms. The Balaban J connectivity index is 2.34. The minimum absolute atomic E-state index is 0.748. The molecular formula is C17H19IO3. The van der Waals surface area contributed by atoms with E-state index >= 15 is 0 Å². The molecule has 2 aromatic carbocycles. The van der Waals surface area contributed by atoms with Crippen molar-refractivity contribution in [1.29, 1.82) is 0 Å². The van der Waals surface area contributed by atoms with E-state index in [2.05, 4.69) is 47.7 Å². The fourth-order valence-corrected chi connectivity index (χ4v) is 3.07. The van der Waals surface area contributed by atoms with Crippen molar-refractivity contribution < 1.29 is 14.2 Å². The van der Waals surface area contributed by atoms with Gasteiger partial charge >= 0.3 is 0 Å². The molecule has 0 fully saturated rings. The second kappa shape index (κ2) is 7.02. The van der Waals surface area contributed by atoms with E-state index < -0.39 is 0 Å². The number of aryl methyl sites for hydroxylation is 1. The van der Waals surface area contributed by atoms with Crippen LogP contribution >= 0.6 is 22.6 Å². The van der Waals surface area contributed by atoms with Gasteiger partial charge in [0.05, 0.1) is 21.3 Å². The molecule has 0 aromatic heterocycles. The molecule has 0 unspecified atom stereocenters. The van der Waals surface area contributed by atoms with Gasteiger partial charge in [0.25, 0.3) is 0 Å². The Morgan fingerprint density at radius 1 is 0.857 bits per heavy atom. The molecule has 0 spiro atoms. The van der Waals surface area contributed by atoms with Crippen LogP contribution in [-0.2, 0) is 6.42 Å². The summed E-state index contributed by atoms with van der Waals surface area (Å²) in [5, 5.41) is 0. The largest absolute Gasteiger partial charge is 0.496 e. The van der Waals surface area contributed by atoms with E-state index in [-0.39, 0.29) is 0 Å². The number of methoxy groups -OCH3 is 3. The number of hydrogen-bond acceptors (Lipinski definition) is 3. The maximum atomic E-state index is 5.41. The van der Waals surface area contributed by atoms with E-state index in [1.807, 2.05) is 12.1 Å². The topological polar surface area (TPSA) is 27.7 Å². The summed E-state index contributed by atoms with van der Waals surface area (Å²) in [7, 11) is 5.00. The molecule has 0 atom stereocenters. The molecule has 0 N–H and O–H groups in total. The molecule has 0 saturated carbocycles. The molecule has 0 heterocycles. The molecule has 4 heteroatoms. The third-order valence-electron chi connectivity index (χ3n) is 3.41. The van der Waals surface area contributed by atoms with Crippen molar-refractivity contribution in [3.63, 3.8) is 0 Å². The van der Waals surface area contributed by atoms with E-state index in [1.54, 1.807) is 21.3 Å². The summed E-state index contributed by atoms with van der Waals surface area (Å²) in [6, 6.07) is 10.3. The number of ether oxygens (including phenoxy) is 3. The van der Waals surface area contributed by atoms with Crippen LogP contribution in [0.25, 0.3) is 0 Å². The molecule has 3 nitrogen and oxygen atoms in total. The normalized spacial score (nSPS) is 10.3. The monoisotopic (exact) mass is 398 g/mol. The number of halogens is 1. The molecule has 0 radical (unpaired) electrons. The Bertz CT molecular complexity index is 638. The van der Waals surface area contributed by atoms with Gasteiger partial charge < -0.3 is 14.2 Å². The van der Waals surface area contributed by atoms with Crippen LogP contribution in [0.2, 0.25) is 0 Å². The van der Waals surface area contributed by atoms with Crippen molar-refractivity contribution >= 4 is 22.6 Å². The lowest BCUT2D eigenvalue weighted by Gasteiger charge is -2.12.